The van der Waals surface area contributed by atoms with Crippen LogP contribution in [0.25, 0.3) is 0 Å². The minimum Gasteiger partial charge on any atom is -0.261 e. The van der Waals surface area contributed by atoms with E-state index >= 15 is 0 Å². The summed E-state index contributed by atoms with van der Waals surface area (Å²) in [6, 6.07) is -1.16. The second-order valence-electron chi connectivity index (χ2n) is 3.58. The van der Waals surface area contributed by atoms with E-state index in [0.717, 1.165) is 19.3 Å². The lowest BCUT2D eigenvalue weighted by atomic mass is 10.1. The van der Waals surface area contributed by atoms with Crippen LogP contribution in [0.5, 0.6) is 0 Å². The van der Waals surface area contributed by atoms with E-state index in [1.165, 1.54) is 32.1 Å². The molecule has 0 fully saturated rings. The molecule has 1 nitrogen and oxygen atoms in total. The van der Waals surface area contributed by atoms with E-state index in [9.17, 15) is 9.18 Å². The lowest BCUT2D eigenvalue weighted by Crippen LogP contribution is -1.87. The predicted molar refractivity (Wildman–Crippen MR) is 53.3 cm³/mol. The summed E-state index contributed by atoms with van der Waals surface area (Å²) >= 11 is 0. The predicted octanol–water partition coefficient (Wildman–Crippen LogP) is 4.01. The molecule has 0 aromatic heterocycles. The first kappa shape index (κ1) is 12.6. The van der Waals surface area contributed by atoms with E-state index in [-0.39, 0.29) is 6.42 Å². The molecule has 0 aliphatic rings. The van der Waals surface area contributed by atoms with Crippen LogP contribution >= 0.6 is 0 Å². The first-order chi connectivity index (χ1) is 6.27. The van der Waals surface area contributed by atoms with Crippen LogP contribution in [0.4, 0.5) is 4.39 Å². The summed E-state index contributed by atoms with van der Waals surface area (Å²) in [6.07, 6.45) is 9.44. The molecular weight excluding hydrogens is 167 g/mol. The smallest absolute Gasteiger partial charge is 0.261 e. The summed E-state index contributed by atoms with van der Waals surface area (Å²) in [7, 11) is 0. The maximum Gasteiger partial charge on any atom is 0.301 e. The molecule has 0 spiro atoms. The molecule has 0 unspecified atom stereocenters. The largest absolute Gasteiger partial charge is 0.301 e. The maximum atomic E-state index is 11.7. The highest BCUT2D eigenvalue weighted by Crippen LogP contribution is 2.09. The molecule has 0 atom stereocenters. The number of carbonyl (C=O) groups excluding carboxylic acids is 1. The normalized spacial score (nSPS) is 10.3. The lowest BCUT2D eigenvalue weighted by molar-refractivity contribution is -0.129. The third-order valence-corrected chi connectivity index (χ3v) is 2.23. The monoisotopic (exact) mass is 188 g/mol. The molecule has 0 aliphatic heterocycles. The summed E-state index contributed by atoms with van der Waals surface area (Å²) in [5, 5.41) is 0. The Hall–Kier alpha value is -0.400. The highest BCUT2D eigenvalue weighted by molar-refractivity contribution is 5.67. The van der Waals surface area contributed by atoms with Crippen LogP contribution in [0.2, 0.25) is 0 Å². The van der Waals surface area contributed by atoms with Crippen molar-refractivity contribution in [2.45, 2.75) is 64.7 Å². The molecule has 0 aliphatic carbocycles. The van der Waals surface area contributed by atoms with Crippen molar-refractivity contribution in [3.8, 4) is 0 Å². The quantitative estimate of drug-likeness (QED) is 0.394. The molecule has 0 rings (SSSR count). The Kier molecular flexibility index (Phi) is 9.39. The van der Waals surface area contributed by atoms with Gasteiger partial charge in [0.15, 0.2) is 0 Å². The fraction of sp³-hybridized carbons (Fsp3) is 0.909. The molecule has 0 radical (unpaired) electrons. The molecule has 0 amide bonds. The Balaban J connectivity index is 2.87. The fourth-order valence-electron chi connectivity index (χ4n) is 1.40. The molecule has 78 valence electrons. The first-order valence-corrected chi connectivity index (χ1v) is 5.45. The fourth-order valence-corrected chi connectivity index (χ4v) is 1.40. The van der Waals surface area contributed by atoms with Gasteiger partial charge in [0, 0.05) is 6.42 Å². The van der Waals surface area contributed by atoms with Crippen LogP contribution in [0.1, 0.15) is 64.7 Å². The Morgan fingerprint density at radius 1 is 0.923 bits per heavy atom. The molecule has 0 aromatic rings. The van der Waals surface area contributed by atoms with Gasteiger partial charge >= 0.3 is 6.04 Å². The molecule has 0 heterocycles. The van der Waals surface area contributed by atoms with Gasteiger partial charge in [0.2, 0.25) is 0 Å². The van der Waals surface area contributed by atoms with Gasteiger partial charge in [-0.05, 0) is 6.42 Å². The minimum atomic E-state index is -1.16. The van der Waals surface area contributed by atoms with Crippen molar-refractivity contribution in [2.24, 2.45) is 0 Å². The molecule has 0 saturated heterocycles. The summed E-state index contributed by atoms with van der Waals surface area (Å²) in [4.78, 5) is 9.95. The second-order valence-corrected chi connectivity index (χ2v) is 3.58. The van der Waals surface area contributed by atoms with Crippen LogP contribution in [-0.2, 0) is 4.79 Å². The highest BCUT2D eigenvalue weighted by Gasteiger charge is 1.96. The molecule has 2 heteroatoms. The van der Waals surface area contributed by atoms with Crippen LogP contribution in [0.3, 0.4) is 0 Å². The van der Waals surface area contributed by atoms with Crippen LogP contribution < -0.4 is 0 Å². The summed E-state index contributed by atoms with van der Waals surface area (Å²) in [5.74, 6) is 0. The third kappa shape index (κ3) is 11.6. The number of rotatable bonds is 9. The summed E-state index contributed by atoms with van der Waals surface area (Å²) < 4.78 is 11.7. The van der Waals surface area contributed by atoms with Gasteiger partial charge in [0.1, 0.15) is 0 Å². The van der Waals surface area contributed by atoms with Gasteiger partial charge in [0.25, 0.3) is 0 Å². The summed E-state index contributed by atoms with van der Waals surface area (Å²) in [6.45, 7) is 2.20. The van der Waals surface area contributed by atoms with Gasteiger partial charge in [-0.3, -0.25) is 4.79 Å². The Bertz CT molecular complexity index is 123. The van der Waals surface area contributed by atoms with Crippen molar-refractivity contribution in [3.63, 3.8) is 0 Å². The zero-order valence-corrected chi connectivity index (χ0v) is 8.65. The molecule has 0 bridgehead atoms. The topological polar surface area (TPSA) is 17.1 Å². The van der Waals surface area contributed by atoms with E-state index in [4.69, 9.17) is 0 Å². The van der Waals surface area contributed by atoms with Crippen molar-refractivity contribution in [2.75, 3.05) is 0 Å². The molecule has 0 aromatic carbocycles. The van der Waals surface area contributed by atoms with Gasteiger partial charge in [-0.15, -0.1) is 0 Å². The molecular formula is C11H21FO. The van der Waals surface area contributed by atoms with Gasteiger partial charge in [0.05, 0.1) is 0 Å². The zero-order valence-electron chi connectivity index (χ0n) is 8.65. The number of carbonyl (C=O) groups is 1. The number of halogens is 1. The first-order valence-electron chi connectivity index (χ1n) is 5.45. The van der Waals surface area contributed by atoms with E-state index < -0.39 is 6.04 Å². The van der Waals surface area contributed by atoms with Crippen molar-refractivity contribution in [1.82, 2.24) is 0 Å². The molecule has 13 heavy (non-hydrogen) atoms. The summed E-state index contributed by atoms with van der Waals surface area (Å²) in [5.41, 5.74) is 0. The van der Waals surface area contributed by atoms with Crippen LogP contribution in [-0.4, -0.2) is 6.04 Å². The Labute approximate surface area is 80.7 Å². The standard InChI is InChI=1S/C11H21FO/c1-2-3-4-5-6-7-8-9-10-11(12)13/h2-10H2,1H3. The molecule has 0 N–H and O–H groups in total. The van der Waals surface area contributed by atoms with Gasteiger partial charge in [-0.1, -0.05) is 51.9 Å². The maximum absolute atomic E-state index is 11.7. The van der Waals surface area contributed by atoms with Gasteiger partial charge in [-0.25, -0.2) is 0 Å². The number of unbranched alkanes of at least 4 members (excludes halogenated alkanes) is 7. The van der Waals surface area contributed by atoms with Crippen molar-refractivity contribution in [1.29, 1.82) is 0 Å². The van der Waals surface area contributed by atoms with E-state index in [1.54, 1.807) is 0 Å². The van der Waals surface area contributed by atoms with E-state index in [1.807, 2.05) is 0 Å². The van der Waals surface area contributed by atoms with Gasteiger partial charge < -0.3 is 0 Å². The second kappa shape index (κ2) is 9.69. The Morgan fingerprint density at radius 2 is 1.38 bits per heavy atom. The lowest BCUT2D eigenvalue weighted by Gasteiger charge is -1.99. The van der Waals surface area contributed by atoms with Gasteiger partial charge in [-0.2, -0.15) is 4.39 Å². The number of hydrogen-bond acceptors (Lipinski definition) is 1. The van der Waals surface area contributed by atoms with Crippen LogP contribution in [0.15, 0.2) is 0 Å². The SMILES string of the molecule is CCCCCCCCCCC(=O)F. The average molecular weight is 188 g/mol. The molecule has 0 saturated carbocycles. The zero-order chi connectivity index (χ0) is 9.94. The number of hydrogen-bond donors (Lipinski definition) is 0. The van der Waals surface area contributed by atoms with E-state index in [0.29, 0.717) is 0 Å². The average Bonchev–Trinajstić information content (AvgIpc) is 2.09. The van der Waals surface area contributed by atoms with Crippen molar-refractivity contribution in [3.05, 3.63) is 0 Å². The highest BCUT2D eigenvalue weighted by atomic mass is 19.1. The van der Waals surface area contributed by atoms with Crippen LogP contribution in [0, 0.1) is 0 Å². The third-order valence-electron chi connectivity index (χ3n) is 2.23. The van der Waals surface area contributed by atoms with E-state index in [2.05, 4.69) is 6.92 Å². The minimum absolute atomic E-state index is 0.120. The Morgan fingerprint density at radius 3 is 1.85 bits per heavy atom. The van der Waals surface area contributed by atoms with Crippen molar-refractivity contribution >= 4 is 6.04 Å². The van der Waals surface area contributed by atoms with Crippen molar-refractivity contribution < 1.29 is 9.18 Å².